The summed E-state index contributed by atoms with van der Waals surface area (Å²) in [4.78, 5) is 17.3. The Morgan fingerprint density at radius 3 is 2.83 bits per heavy atom. The van der Waals surface area contributed by atoms with Gasteiger partial charge in [-0.25, -0.2) is 0 Å². The Kier molecular flexibility index (Phi) is 5.02. The summed E-state index contributed by atoms with van der Waals surface area (Å²) in [5, 5.41) is 4.02. The second-order valence-electron chi connectivity index (χ2n) is 6.65. The number of aryl methyl sites for hydroxylation is 2. The molecule has 6 heteroatoms. The van der Waals surface area contributed by atoms with Crippen LogP contribution in [0.3, 0.4) is 0 Å². The third kappa shape index (κ3) is 3.43. The first-order chi connectivity index (χ1) is 11.1. The summed E-state index contributed by atoms with van der Waals surface area (Å²) in [6.07, 6.45) is 2.09. The van der Waals surface area contributed by atoms with E-state index >= 15 is 0 Å². The van der Waals surface area contributed by atoms with E-state index in [0.29, 0.717) is 12.5 Å². The molecule has 128 valence electrons. The van der Waals surface area contributed by atoms with Gasteiger partial charge in [-0.1, -0.05) is 5.16 Å². The number of piperidine rings is 1. The Morgan fingerprint density at radius 1 is 1.30 bits per heavy atom. The SMILES string of the molecule is CCOCCN1C[C@@H]2CC[C@H](C1)N(Cc1c(C)noc1C)C2=O. The summed E-state index contributed by atoms with van der Waals surface area (Å²) in [6, 6.07) is 0.288. The molecule has 6 nitrogen and oxygen atoms in total. The van der Waals surface area contributed by atoms with Gasteiger partial charge in [-0.3, -0.25) is 9.69 Å². The van der Waals surface area contributed by atoms with Crippen LogP contribution in [-0.2, 0) is 16.1 Å². The zero-order valence-corrected chi connectivity index (χ0v) is 14.4. The fourth-order valence-electron chi connectivity index (χ4n) is 3.76. The van der Waals surface area contributed by atoms with Crippen molar-refractivity contribution in [2.75, 3.05) is 32.8 Å². The lowest BCUT2D eigenvalue weighted by Gasteiger charge is -2.36. The van der Waals surface area contributed by atoms with E-state index in [1.807, 2.05) is 20.8 Å². The quantitative estimate of drug-likeness (QED) is 0.747. The lowest BCUT2D eigenvalue weighted by Crippen LogP contribution is -2.47. The van der Waals surface area contributed by atoms with Crippen LogP contribution in [0.4, 0.5) is 0 Å². The van der Waals surface area contributed by atoms with Gasteiger partial charge in [0.05, 0.1) is 24.8 Å². The molecule has 4 rings (SSSR count). The maximum atomic E-state index is 12.8. The normalized spacial score (nSPS) is 25.2. The molecule has 23 heavy (non-hydrogen) atoms. The van der Waals surface area contributed by atoms with Crippen LogP contribution in [0.5, 0.6) is 0 Å². The predicted octanol–water partition coefficient (Wildman–Crippen LogP) is 1.75. The van der Waals surface area contributed by atoms with Gasteiger partial charge in [0.1, 0.15) is 5.76 Å². The van der Waals surface area contributed by atoms with Gasteiger partial charge in [0.25, 0.3) is 0 Å². The van der Waals surface area contributed by atoms with Crippen LogP contribution in [0.2, 0.25) is 0 Å². The number of nitrogens with zero attached hydrogens (tertiary/aromatic N) is 3. The van der Waals surface area contributed by atoms with Gasteiger partial charge < -0.3 is 14.2 Å². The third-order valence-corrected chi connectivity index (χ3v) is 5.13. The van der Waals surface area contributed by atoms with Crippen molar-refractivity contribution in [3.05, 3.63) is 17.0 Å². The number of hydrogen-bond acceptors (Lipinski definition) is 5. The topological polar surface area (TPSA) is 58.8 Å². The zero-order chi connectivity index (χ0) is 16.4. The molecule has 0 spiro atoms. The van der Waals surface area contributed by atoms with Gasteiger partial charge in [-0.05, 0) is 33.6 Å². The van der Waals surface area contributed by atoms with E-state index in [9.17, 15) is 4.79 Å². The van der Waals surface area contributed by atoms with Crippen molar-refractivity contribution < 1.29 is 14.1 Å². The minimum Gasteiger partial charge on any atom is -0.380 e. The molecule has 3 aliphatic heterocycles. The van der Waals surface area contributed by atoms with Crippen molar-refractivity contribution in [2.45, 2.75) is 46.2 Å². The van der Waals surface area contributed by atoms with Crippen LogP contribution >= 0.6 is 0 Å². The predicted molar refractivity (Wildman–Crippen MR) is 86.0 cm³/mol. The molecule has 0 unspecified atom stereocenters. The van der Waals surface area contributed by atoms with E-state index in [4.69, 9.17) is 9.26 Å². The van der Waals surface area contributed by atoms with Crippen LogP contribution in [0, 0.1) is 19.8 Å². The van der Waals surface area contributed by atoms with Crippen LogP contribution in [0.15, 0.2) is 4.52 Å². The number of amides is 1. The lowest BCUT2D eigenvalue weighted by molar-refractivity contribution is -0.140. The fourth-order valence-corrected chi connectivity index (χ4v) is 3.76. The highest BCUT2D eigenvalue weighted by Gasteiger charge is 2.40. The van der Waals surface area contributed by atoms with E-state index in [-0.39, 0.29) is 12.0 Å². The summed E-state index contributed by atoms with van der Waals surface area (Å²) >= 11 is 0. The first-order valence-electron chi connectivity index (χ1n) is 8.62. The molecule has 0 saturated carbocycles. The van der Waals surface area contributed by atoms with E-state index in [1.165, 1.54) is 0 Å². The largest absolute Gasteiger partial charge is 0.380 e. The van der Waals surface area contributed by atoms with Crippen LogP contribution in [0.1, 0.15) is 36.8 Å². The molecule has 0 aromatic carbocycles. The summed E-state index contributed by atoms with van der Waals surface area (Å²) in [6.45, 7) is 10.7. The first kappa shape index (κ1) is 16.5. The molecule has 1 amide bonds. The minimum absolute atomic E-state index is 0.121. The molecule has 3 fully saturated rings. The molecular weight excluding hydrogens is 294 g/mol. The molecule has 0 radical (unpaired) electrons. The van der Waals surface area contributed by atoms with Gasteiger partial charge in [0.15, 0.2) is 0 Å². The van der Waals surface area contributed by atoms with Crippen molar-refractivity contribution >= 4 is 5.91 Å². The molecule has 3 saturated heterocycles. The summed E-state index contributed by atoms with van der Waals surface area (Å²) < 4.78 is 10.7. The zero-order valence-electron chi connectivity index (χ0n) is 14.4. The van der Waals surface area contributed by atoms with Crippen molar-refractivity contribution in [2.24, 2.45) is 5.92 Å². The minimum atomic E-state index is 0.121. The third-order valence-electron chi connectivity index (χ3n) is 5.13. The molecular formula is C17H27N3O3. The van der Waals surface area contributed by atoms with Gasteiger partial charge in [0.2, 0.25) is 5.91 Å². The number of aromatic nitrogens is 1. The van der Waals surface area contributed by atoms with Gasteiger partial charge in [-0.2, -0.15) is 0 Å². The first-order valence-corrected chi connectivity index (χ1v) is 8.62. The van der Waals surface area contributed by atoms with Crippen molar-refractivity contribution in [1.82, 2.24) is 15.0 Å². The van der Waals surface area contributed by atoms with Crippen LogP contribution in [-0.4, -0.2) is 59.8 Å². The van der Waals surface area contributed by atoms with Gasteiger partial charge >= 0.3 is 0 Å². The van der Waals surface area contributed by atoms with Gasteiger partial charge in [-0.15, -0.1) is 0 Å². The Bertz CT molecular complexity index is 538. The molecule has 0 N–H and O–H groups in total. The highest BCUT2D eigenvalue weighted by atomic mass is 16.5. The number of carbonyl (C=O) groups is 1. The fraction of sp³-hybridized carbons (Fsp3) is 0.765. The number of ether oxygens (including phenoxy) is 1. The monoisotopic (exact) mass is 321 g/mol. The van der Waals surface area contributed by atoms with E-state index in [1.54, 1.807) is 0 Å². The van der Waals surface area contributed by atoms with Crippen molar-refractivity contribution in [1.29, 1.82) is 0 Å². The molecule has 1 aromatic heterocycles. The van der Waals surface area contributed by atoms with Crippen LogP contribution < -0.4 is 0 Å². The molecule has 2 bridgehead atoms. The standard InChI is InChI=1S/C17H27N3O3/c1-4-22-8-7-19-9-14-5-6-15(10-19)20(17(14)21)11-16-12(2)18-23-13(16)3/h14-15H,4-11H2,1-3H3/t14-,15+/m0/s1. The number of fused-ring (bicyclic) bond motifs is 4. The average molecular weight is 321 g/mol. The molecule has 0 aliphatic carbocycles. The van der Waals surface area contributed by atoms with Crippen molar-refractivity contribution in [3.63, 3.8) is 0 Å². The number of rotatable bonds is 6. The van der Waals surface area contributed by atoms with Crippen molar-refractivity contribution in [3.8, 4) is 0 Å². The molecule has 4 heterocycles. The number of hydrogen-bond donors (Lipinski definition) is 0. The number of carbonyl (C=O) groups excluding carboxylic acids is 1. The maximum absolute atomic E-state index is 12.8. The molecule has 1 aromatic rings. The average Bonchev–Trinajstić information content (AvgIpc) is 2.71. The summed E-state index contributed by atoms with van der Waals surface area (Å²) in [7, 11) is 0. The highest BCUT2D eigenvalue weighted by Crippen LogP contribution is 2.31. The summed E-state index contributed by atoms with van der Waals surface area (Å²) in [5.41, 5.74) is 1.95. The Morgan fingerprint density at radius 2 is 2.13 bits per heavy atom. The van der Waals surface area contributed by atoms with Crippen LogP contribution in [0.25, 0.3) is 0 Å². The summed E-state index contributed by atoms with van der Waals surface area (Å²) in [5.74, 6) is 1.24. The highest BCUT2D eigenvalue weighted by molar-refractivity contribution is 5.80. The Hall–Kier alpha value is -1.40. The van der Waals surface area contributed by atoms with Gasteiger partial charge in [0, 0.05) is 37.8 Å². The Balaban J connectivity index is 1.71. The second kappa shape index (κ2) is 7.01. The molecule has 3 aliphatic rings. The maximum Gasteiger partial charge on any atom is 0.227 e. The van der Waals surface area contributed by atoms with E-state index in [0.717, 1.165) is 62.7 Å². The smallest absolute Gasteiger partial charge is 0.227 e. The van der Waals surface area contributed by atoms with E-state index < -0.39 is 0 Å². The molecule has 2 atom stereocenters. The second-order valence-corrected chi connectivity index (χ2v) is 6.65. The lowest BCUT2D eigenvalue weighted by atomic mass is 9.93. The van der Waals surface area contributed by atoms with E-state index in [2.05, 4.69) is 15.0 Å². The Labute approximate surface area is 137 Å².